The van der Waals surface area contributed by atoms with Gasteiger partial charge in [-0.25, -0.2) is 0 Å². The zero-order valence-electron chi connectivity index (χ0n) is 9.73. The van der Waals surface area contributed by atoms with Gasteiger partial charge in [0.25, 0.3) is 0 Å². The number of rotatable bonds is 4. The molecule has 1 N–H and O–H groups in total. The van der Waals surface area contributed by atoms with Crippen molar-refractivity contribution in [2.45, 2.75) is 19.9 Å². The molecule has 1 rings (SSSR count). The van der Waals surface area contributed by atoms with E-state index in [0.717, 1.165) is 11.3 Å². The minimum Gasteiger partial charge on any atom is -0.496 e. The van der Waals surface area contributed by atoms with Crippen LogP contribution in [0.1, 0.15) is 22.7 Å². The van der Waals surface area contributed by atoms with Gasteiger partial charge in [-0.2, -0.15) is 0 Å². The van der Waals surface area contributed by atoms with E-state index in [2.05, 4.69) is 24.4 Å². The summed E-state index contributed by atoms with van der Waals surface area (Å²) in [6.07, 6.45) is 0. The molecule has 0 saturated carbocycles. The van der Waals surface area contributed by atoms with Crippen molar-refractivity contribution < 1.29 is 4.74 Å². The van der Waals surface area contributed by atoms with Gasteiger partial charge < -0.3 is 10.1 Å². The van der Waals surface area contributed by atoms with Crippen molar-refractivity contribution in [1.82, 2.24) is 5.32 Å². The molecule has 0 aliphatic heterocycles. The molecule has 1 aromatic carbocycles. The van der Waals surface area contributed by atoms with Crippen LogP contribution in [-0.2, 0) is 0 Å². The predicted octanol–water partition coefficient (Wildman–Crippen LogP) is 2.81. The molecule has 1 unspecified atom stereocenters. The van der Waals surface area contributed by atoms with Gasteiger partial charge in [0.2, 0.25) is 0 Å². The minimum atomic E-state index is 0.205. The molecule has 1 aromatic rings. The van der Waals surface area contributed by atoms with Crippen molar-refractivity contribution in [3.63, 3.8) is 0 Å². The first kappa shape index (κ1) is 12.3. The molecule has 0 aliphatic rings. The minimum absolute atomic E-state index is 0.205. The summed E-state index contributed by atoms with van der Waals surface area (Å²) in [6.45, 7) is 4.12. The summed E-state index contributed by atoms with van der Waals surface area (Å²) in [6, 6.07) is 4.40. The Morgan fingerprint density at radius 2 is 2.00 bits per heavy atom. The largest absolute Gasteiger partial charge is 0.496 e. The van der Waals surface area contributed by atoms with Gasteiger partial charge in [-0.05, 0) is 43.7 Å². The van der Waals surface area contributed by atoms with E-state index in [1.807, 2.05) is 14.0 Å². The van der Waals surface area contributed by atoms with Crippen LogP contribution in [0.25, 0.3) is 0 Å². The lowest BCUT2D eigenvalue weighted by Crippen LogP contribution is -2.19. The molecule has 1 atom stereocenters. The lowest BCUT2D eigenvalue weighted by molar-refractivity contribution is 0.411. The fourth-order valence-electron chi connectivity index (χ4n) is 1.72. The summed E-state index contributed by atoms with van der Waals surface area (Å²) in [4.78, 5) is 0. The summed E-state index contributed by atoms with van der Waals surface area (Å²) >= 11 is 5.91. The SMILES string of the molecule is CNC(CCl)c1cc(C)c(OC)cc1C. The van der Waals surface area contributed by atoms with Crippen LogP contribution in [0.4, 0.5) is 0 Å². The monoisotopic (exact) mass is 227 g/mol. The van der Waals surface area contributed by atoms with Crippen molar-refractivity contribution in [2.75, 3.05) is 20.0 Å². The van der Waals surface area contributed by atoms with Crippen LogP contribution in [-0.4, -0.2) is 20.0 Å². The van der Waals surface area contributed by atoms with E-state index in [1.165, 1.54) is 11.1 Å². The summed E-state index contributed by atoms with van der Waals surface area (Å²) in [5.74, 6) is 1.50. The van der Waals surface area contributed by atoms with Gasteiger partial charge in [0.15, 0.2) is 0 Å². The fraction of sp³-hybridized carbons (Fsp3) is 0.500. The maximum atomic E-state index is 5.91. The summed E-state index contributed by atoms with van der Waals surface area (Å²) < 4.78 is 5.27. The Labute approximate surface area is 96.6 Å². The van der Waals surface area contributed by atoms with Gasteiger partial charge >= 0.3 is 0 Å². The van der Waals surface area contributed by atoms with Gasteiger partial charge in [-0.3, -0.25) is 0 Å². The summed E-state index contributed by atoms with van der Waals surface area (Å²) in [5.41, 5.74) is 3.59. The van der Waals surface area contributed by atoms with Crippen molar-refractivity contribution in [2.24, 2.45) is 0 Å². The molecule has 0 aliphatic carbocycles. The maximum absolute atomic E-state index is 5.91. The average molecular weight is 228 g/mol. The molecular weight excluding hydrogens is 210 g/mol. The zero-order chi connectivity index (χ0) is 11.4. The van der Waals surface area contributed by atoms with E-state index < -0.39 is 0 Å². The number of methoxy groups -OCH3 is 1. The molecule has 2 nitrogen and oxygen atoms in total. The second kappa shape index (κ2) is 5.38. The van der Waals surface area contributed by atoms with Crippen molar-refractivity contribution in [3.05, 3.63) is 28.8 Å². The predicted molar refractivity (Wildman–Crippen MR) is 65.0 cm³/mol. The Balaban J connectivity index is 3.14. The fourth-order valence-corrected chi connectivity index (χ4v) is 2.04. The molecule has 0 heterocycles. The van der Waals surface area contributed by atoms with Gasteiger partial charge in [0, 0.05) is 11.9 Å². The highest BCUT2D eigenvalue weighted by molar-refractivity contribution is 6.18. The van der Waals surface area contributed by atoms with E-state index in [1.54, 1.807) is 7.11 Å². The quantitative estimate of drug-likeness (QED) is 0.799. The van der Waals surface area contributed by atoms with E-state index in [4.69, 9.17) is 16.3 Å². The Bertz CT molecular complexity index is 335. The highest BCUT2D eigenvalue weighted by Crippen LogP contribution is 2.26. The van der Waals surface area contributed by atoms with Gasteiger partial charge in [0.1, 0.15) is 5.75 Å². The highest BCUT2D eigenvalue weighted by Gasteiger charge is 2.12. The number of ether oxygens (including phenoxy) is 1. The number of halogens is 1. The third-order valence-electron chi connectivity index (χ3n) is 2.66. The van der Waals surface area contributed by atoms with Crippen LogP contribution in [0.5, 0.6) is 5.75 Å². The third kappa shape index (κ3) is 2.64. The topological polar surface area (TPSA) is 21.3 Å². The second-order valence-corrected chi connectivity index (χ2v) is 3.98. The average Bonchev–Trinajstić information content (AvgIpc) is 2.24. The summed E-state index contributed by atoms with van der Waals surface area (Å²) in [5, 5.41) is 3.20. The molecule has 0 saturated heterocycles. The number of aryl methyl sites for hydroxylation is 2. The standard InChI is InChI=1S/C12H18ClNO/c1-8-6-12(15-4)9(2)5-10(8)11(7-13)14-3/h5-6,11,14H,7H2,1-4H3. The van der Waals surface area contributed by atoms with E-state index >= 15 is 0 Å². The van der Waals surface area contributed by atoms with Crippen LogP contribution in [0, 0.1) is 13.8 Å². The number of nitrogens with one attached hydrogen (secondary N) is 1. The number of hydrogen-bond donors (Lipinski definition) is 1. The molecule has 0 aromatic heterocycles. The molecule has 84 valence electrons. The Morgan fingerprint density at radius 1 is 1.33 bits per heavy atom. The van der Waals surface area contributed by atoms with Crippen molar-refractivity contribution >= 4 is 11.6 Å². The van der Waals surface area contributed by atoms with Crippen molar-refractivity contribution in [3.8, 4) is 5.75 Å². The van der Waals surface area contributed by atoms with E-state index in [0.29, 0.717) is 5.88 Å². The molecule has 0 amide bonds. The van der Waals surface area contributed by atoms with Gasteiger partial charge in [-0.1, -0.05) is 6.07 Å². The van der Waals surface area contributed by atoms with Crippen molar-refractivity contribution in [1.29, 1.82) is 0 Å². The van der Waals surface area contributed by atoms with Crippen LogP contribution < -0.4 is 10.1 Å². The van der Waals surface area contributed by atoms with Crippen LogP contribution >= 0.6 is 11.6 Å². The van der Waals surface area contributed by atoms with Gasteiger partial charge in [-0.15, -0.1) is 11.6 Å². The van der Waals surface area contributed by atoms with E-state index in [-0.39, 0.29) is 6.04 Å². The van der Waals surface area contributed by atoms with E-state index in [9.17, 15) is 0 Å². The van der Waals surface area contributed by atoms with Crippen LogP contribution in [0.2, 0.25) is 0 Å². The molecule has 15 heavy (non-hydrogen) atoms. The normalized spacial score (nSPS) is 12.6. The van der Waals surface area contributed by atoms with Gasteiger partial charge in [0.05, 0.1) is 7.11 Å². The lowest BCUT2D eigenvalue weighted by Gasteiger charge is -2.18. The smallest absolute Gasteiger partial charge is 0.122 e. The Morgan fingerprint density at radius 3 is 2.47 bits per heavy atom. The van der Waals surface area contributed by atoms with Crippen LogP contribution in [0.3, 0.4) is 0 Å². The molecule has 0 bridgehead atoms. The second-order valence-electron chi connectivity index (χ2n) is 3.67. The van der Waals surface area contributed by atoms with Crippen LogP contribution in [0.15, 0.2) is 12.1 Å². The molecule has 0 radical (unpaired) electrons. The first-order chi connectivity index (χ1) is 7.13. The first-order valence-electron chi connectivity index (χ1n) is 5.02. The Kier molecular flexibility index (Phi) is 4.43. The summed E-state index contributed by atoms with van der Waals surface area (Å²) in [7, 11) is 3.62. The Hall–Kier alpha value is -0.730. The molecule has 3 heteroatoms. The number of hydrogen-bond acceptors (Lipinski definition) is 2. The zero-order valence-corrected chi connectivity index (χ0v) is 10.5. The molecule has 0 spiro atoms. The maximum Gasteiger partial charge on any atom is 0.122 e. The first-order valence-corrected chi connectivity index (χ1v) is 5.55. The molecule has 0 fully saturated rings. The molecular formula is C12H18ClNO. The number of benzene rings is 1. The highest BCUT2D eigenvalue weighted by atomic mass is 35.5. The third-order valence-corrected chi connectivity index (χ3v) is 2.97. The lowest BCUT2D eigenvalue weighted by atomic mass is 9.99. The number of alkyl halides is 1.